The maximum atomic E-state index is 11.6. The van der Waals surface area contributed by atoms with Crippen LogP contribution in [0.2, 0.25) is 0 Å². The van der Waals surface area contributed by atoms with Gasteiger partial charge < -0.3 is 20.3 Å². The number of carbonyl (C=O) groups is 1. The third-order valence-corrected chi connectivity index (χ3v) is 2.95. The van der Waals surface area contributed by atoms with Crippen LogP contribution in [0.4, 0.5) is 4.79 Å². The van der Waals surface area contributed by atoms with E-state index in [-0.39, 0.29) is 12.1 Å². The standard InChI is InChI=1S/C9H17N3O2/c1-14-5-4-12-8-2-3-10-6-7(8)11-9(12)13/h7-8,10H,2-6H2,1H3,(H,11,13)/t7-,8+/m1/s1. The molecule has 0 aliphatic carbocycles. The third-order valence-electron chi connectivity index (χ3n) is 2.95. The molecule has 80 valence electrons. The van der Waals surface area contributed by atoms with Gasteiger partial charge in [-0.3, -0.25) is 0 Å². The van der Waals surface area contributed by atoms with Gasteiger partial charge in [0.1, 0.15) is 0 Å². The molecule has 2 fully saturated rings. The van der Waals surface area contributed by atoms with E-state index >= 15 is 0 Å². The predicted octanol–water partition coefficient (Wildman–Crippen LogP) is -0.611. The molecular weight excluding hydrogens is 182 g/mol. The Labute approximate surface area is 83.8 Å². The van der Waals surface area contributed by atoms with Crippen LogP contribution in [-0.2, 0) is 4.74 Å². The molecule has 5 nitrogen and oxygen atoms in total. The number of ether oxygens (including phenoxy) is 1. The molecule has 14 heavy (non-hydrogen) atoms. The Bertz CT molecular complexity index is 222. The molecule has 0 aromatic heterocycles. The Morgan fingerprint density at radius 2 is 2.50 bits per heavy atom. The van der Waals surface area contributed by atoms with Crippen molar-refractivity contribution < 1.29 is 9.53 Å². The number of nitrogens with zero attached hydrogens (tertiary/aromatic N) is 1. The van der Waals surface area contributed by atoms with Crippen LogP contribution in [0, 0.1) is 0 Å². The summed E-state index contributed by atoms with van der Waals surface area (Å²) in [5.74, 6) is 0. The van der Waals surface area contributed by atoms with E-state index in [1.165, 1.54) is 0 Å². The molecule has 2 N–H and O–H groups in total. The summed E-state index contributed by atoms with van der Waals surface area (Å²) in [7, 11) is 1.66. The maximum absolute atomic E-state index is 11.6. The molecule has 2 heterocycles. The SMILES string of the molecule is COCCN1C(=O)N[C@@H]2CNCC[C@@H]21. The van der Waals surface area contributed by atoms with E-state index in [9.17, 15) is 4.79 Å². The number of methoxy groups -OCH3 is 1. The highest BCUT2D eigenvalue weighted by Gasteiger charge is 2.39. The molecule has 0 unspecified atom stereocenters. The number of urea groups is 1. The number of piperidine rings is 1. The van der Waals surface area contributed by atoms with Gasteiger partial charge in [0.15, 0.2) is 0 Å². The second-order valence-corrected chi connectivity index (χ2v) is 3.80. The zero-order chi connectivity index (χ0) is 9.97. The summed E-state index contributed by atoms with van der Waals surface area (Å²) in [6.07, 6.45) is 1.03. The van der Waals surface area contributed by atoms with Crippen molar-refractivity contribution in [3.63, 3.8) is 0 Å². The van der Waals surface area contributed by atoms with Gasteiger partial charge in [-0.25, -0.2) is 4.79 Å². The molecule has 0 aromatic carbocycles. The lowest BCUT2D eigenvalue weighted by molar-refractivity contribution is 0.138. The van der Waals surface area contributed by atoms with Crippen molar-refractivity contribution >= 4 is 6.03 Å². The minimum Gasteiger partial charge on any atom is -0.383 e. The fourth-order valence-electron chi connectivity index (χ4n) is 2.21. The summed E-state index contributed by atoms with van der Waals surface area (Å²) < 4.78 is 4.99. The van der Waals surface area contributed by atoms with Crippen molar-refractivity contribution in [3.05, 3.63) is 0 Å². The Morgan fingerprint density at radius 1 is 1.64 bits per heavy atom. The van der Waals surface area contributed by atoms with Gasteiger partial charge in [-0.05, 0) is 13.0 Å². The van der Waals surface area contributed by atoms with Crippen LogP contribution < -0.4 is 10.6 Å². The molecule has 2 saturated heterocycles. The first-order valence-electron chi connectivity index (χ1n) is 5.09. The van der Waals surface area contributed by atoms with E-state index in [0.29, 0.717) is 19.2 Å². The van der Waals surface area contributed by atoms with Gasteiger partial charge in [-0.1, -0.05) is 0 Å². The van der Waals surface area contributed by atoms with Gasteiger partial charge in [0.25, 0.3) is 0 Å². The summed E-state index contributed by atoms with van der Waals surface area (Å²) in [5.41, 5.74) is 0. The Hall–Kier alpha value is -0.810. The van der Waals surface area contributed by atoms with Crippen LogP contribution in [-0.4, -0.2) is 56.4 Å². The summed E-state index contributed by atoms with van der Waals surface area (Å²) in [6, 6.07) is 0.702. The normalized spacial score (nSPS) is 31.5. The average molecular weight is 199 g/mol. The number of nitrogens with one attached hydrogen (secondary N) is 2. The second-order valence-electron chi connectivity index (χ2n) is 3.80. The molecular formula is C9H17N3O2. The Balaban J connectivity index is 1.96. The van der Waals surface area contributed by atoms with Gasteiger partial charge in [0.2, 0.25) is 0 Å². The van der Waals surface area contributed by atoms with Crippen LogP contribution in [0.15, 0.2) is 0 Å². The minimum absolute atomic E-state index is 0.0563. The molecule has 0 spiro atoms. The summed E-state index contributed by atoms with van der Waals surface area (Å²) >= 11 is 0. The number of fused-ring (bicyclic) bond motifs is 1. The lowest BCUT2D eigenvalue weighted by atomic mass is 10.0. The highest BCUT2D eigenvalue weighted by Crippen LogP contribution is 2.18. The van der Waals surface area contributed by atoms with E-state index < -0.39 is 0 Å². The van der Waals surface area contributed by atoms with Gasteiger partial charge >= 0.3 is 6.03 Å². The van der Waals surface area contributed by atoms with Crippen molar-refractivity contribution in [2.45, 2.75) is 18.5 Å². The molecule has 2 rings (SSSR count). The molecule has 0 radical (unpaired) electrons. The summed E-state index contributed by atoms with van der Waals surface area (Å²) in [5, 5.41) is 6.26. The average Bonchev–Trinajstić information content (AvgIpc) is 2.51. The van der Waals surface area contributed by atoms with Crippen LogP contribution in [0.25, 0.3) is 0 Å². The highest BCUT2D eigenvalue weighted by molar-refractivity contribution is 5.77. The fraction of sp³-hybridized carbons (Fsp3) is 0.889. The van der Waals surface area contributed by atoms with Crippen molar-refractivity contribution in [2.24, 2.45) is 0 Å². The van der Waals surface area contributed by atoms with E-state index in [0.717, 1.165) is 19.5 Å². The zero-order valence-corrected chi connectivity index (χ0v) is 8.45. The molecule has 5 heteroatoms. The van der Waals surface area contributed by atoms with Crippen molar-refractivity contribution in [2.75, 3.05) is 33.4 Å². The van der Waals surface area contributed by atoms with Crippen molar-refractivity contribution in [1.82, 2.24) is 15.5 Å². The number of rotatable bonds is 3. The van der Waals surface area contributed by atoms with Crippen LogP contribution in [0.1, 0.15) is 6.42 Å². The molecule has 2 aliphatic heterocycles. The lowest BCUT2D eigenvalue weighted by Crippen LogP contribution is -2.49. The van der Waals surface area contributed by atoms with Crippen LogP contribution in [0.5, 0.6) is 0 Å². The van der Waals surface area contributed by atoms with Gasteiger partial charge in [0.05, 0.1) is 18.7 Å². The number of carbonyl (C=O) groups excluding carboxylic acids is 1. The topological polar surface area (TPSA) is 53.6 Å². The first-order chi connectivity index (χ1) is 6.83. The summed E-state index contributed by atoms with van der Waals surface area (Å²) in [4.78, 5) is 13.5. The Morgan fingerprint density at radius 3 is 3.29 bits per heavy atom. The number of hydrogen-bond acceptors (Lipinski definition) is 3. The van der Waals surface area contributed by atoms with Crippen LogP contribution in [0.3, 0.4) is 0 Å². The first kappa shape index (κ1) is 9.73. The Kier molecular flexibility index (Phi) is 2.88. The van der Waals surface area contributed by atoms with E-state index in [1.807, 2.05) is 4.90 Å². The largest absolute Gasteiger partial charge is 0.383 e. The van der Waals surface area contributed by atoms with E-state index in [2.05, 4.69) is 10.6 Å². The smallest absolute Gasteiger partial charge is 0.318 e. The second kappa shape index (κ2) is 4.14. The highest BCUT2D eigenvalue weighted by atomic mass is 16.5. The lowest BCUT2D eigenvalue weighted by Gasteiger charge is -2.30. The molecule has 0 aromatic rings. The van der Waals surface area contributed by atoms with Gasteiger partial charge in [-0.2, -0.15) is 0 Å². The first-order valence-corrected chi connectivity index (χ1v) is 5.09. The van der Waals surface area contributed by atoms with Crippen molar-refractivity contribution in [1.29, 1.82) is 0 Å². The molecule has 0 saturated carbocycles. The fourth-order valence-corrected chi connectivity index (χ4v) is 2.21. The van der Waals surface area contributed by atoms with Gasteiger partial charge in [-0.15, -0.1) is 0 Å². The van der Waals surface area contributed by atoms with E-state index in [4.69, 9.17) is 4.74 Å². The molecule has 2 atom stereocenters. The number of amides is 2. The molecule has 2 aliphatic rings. The monoisotopic (exact) mass is 199 g/mol. The quantitative estimate of drug-likeness (QED) is 0.637. The zero-order valence-electron chi connectivity index (χ0n) is 8.45. The third kappa shape index (κ3) is 1.69. The maximum Gasteiger partial charge on any atom is 0.318 e. The molecule has 2 amide bonds. The predicted molar refractivity (Wildman–Crippen MR) is 52.2 cm³/mol. The number of hydrogen-bond donors (Lipinski definition) is 2. The van der Waals surface area contributed by atoms with Gasteiger partial charge in [0, 0.05) is 20.2 Å². The van der Waals surface area contributed by atoms with Crippen LogP contribution >= 0.6 is 0 Å². The molecule has 0 bridgehead atoms. The summed E-state index contributed by atoms with van der Waals surface area (Å²) in [6.45, 7) is 3.20. The van der Waals surface area contributed by atoms with E-state index in [1.54, 1.807) is 7.11 Å². The van der Waals surface area contributed by atoms with Crippen molar-refractivity contribution in [3.8, 4) is 0 Å². The minimum atomic E-state index is 0.0563.